The zero-order valence-electron chi connectivity index (χ0n) is 14.2. The van der Waals surface area contributed by atoms with E-state index in [1.165, 1.54) is 12.1 Å². The second-order valence-electron chi connectivity index (χ2n) is 5.41. The lowest BCUT2D eigenvalue weighted by molar-refractivity contribution is -0.00617. The van der Waals surface area contributed by atoms with Crippen molar-refractivity contribution in [3.8, 4) is 17.1 Å². The normalized spacial score (nSPS) is 16.4. The monoisotopic (exact) mass is 344 g/mol. The number of nitrogens with one attached hydrogen (secondary N) is 2. The highest BCUT2D eigenvalue weighted by atomic mass is 19.3. The molecule has 3 aromatic rings. The summed E-state index contributed by atoms with van der Waals surface area (Å²) in [7, 11) is 0. The summed E-state index contributed by atoms with van der Waals surface area (Å²) in [5.74, 6) is 0.711. The molecule has 0 saturated carbocycles. The highest BCUT2D eigenvalue weighted by Crippen LogP contribution is 2.22. The molecule has 1 aliphatic heterocycles. The maximum Gasteiger partial charge on any atom is 0.223 e. The zero-order valence-corrected chi connectivity index (χ0v) is 14.2. The summed E-state index contributed by atoms with van der Waals surface area (Å²) < 4.78 is 14.1. The Balaban J connectivity index is 0.000000880. The molecule has 4 rings (SSSR count). The lowest BCUT2D eigenvalue weighted by Gasteiger charge is -2.11. The Bertz CT molecular complexity index is 831. The van der Waals surface area contributed by atoms with Crippen LogP contribution >= 0.6 is 0 Å². The Morgan fingerprint density at radius 2 is 2.20 bits per heavy atom. The summed E-state index contributed by atoms with van der Waals surface area (Å²) in [6.45, 7) is 5.92. The number of pyridine rings is 1. The van der Waals surface area contributed by atoms with E-state index in [1.807, 2.05) is 24.3 Å². The molecule has 1 aliphatic rings. The Kier molecular flexibility index (Phi) is 5.39. The third kappa shape index (κ3) is 3.69. The van der Waals surface area contributed by atoms with Gasteiger partial charge in [0.15, 0.2) is 5.75 Å². The van der Waals surface area contributed by atoms with E-state index < -0.39 is 0 Å². The number of anilines is 1. The molecule has 2 N–H and O–H groups in total. The van der Waals surface area contributed by atoms with E-state index in [1.54, 1.807) is 18.6 Å². The van der Waals surface area contributed by atoms with Gasteiger partial charge in [0.2, 0.25) is 5.95 Å². The standard InChI is InChI=1S/C15H15FN6O.C2H6/c16-23-11-3-6-22-13(9-19-14(22)7-11)12-2-5-18-15(21-12)20-10-1-4-17-8-10;1-2/h2-3,5-7,9-10,17H,1,4,8H2,(H,18,20,21);1-2H3. The van der Waals surface area contributed by atoms with Gasteiger partial charge >= 0.3 is 0 Å². The minimum Gasteiger partial charge on any atom is -0.350 e. The van der Waals surface area contributed by atoms with Crippen molar-refractivity contribution in [1.82, 2.24) is 24.7 Å². The van der Waals surface area contributed by atoms with E-state index in [9.17, 15) is 4.53 Å². The molecule has 0 aromatic carbocycles. The quantitative estimate of drug-likeness (QED) is 0.758. The van der Waals surface area contributed by atoms with Crippen molar-refractivity contribution in [3.63, 3.8) is 0 Å². The van der Waals surface area contributed by atoms with Gasteiger partial charge in [0.25, 0.3) is 0 Å². The molecule has 0 aliphatic carbocycles. The van der Waals surface area contributed by atoms with E-state index in [0.717, 1.165) is 30.9 Å². The molecule has 132 valence electrons. The Morgan fingerprint density at radius 1 is 1.32 bits per heavy atom. The van der Waals surface area contributed by atoms with Crippen molar-refractivity contribution >= 4 is 11.6 Å². The average molecular weight is 344 g/mol. The van der Waals surface area contributed by atoms with Crippen molar-refractivity contribution in [2.75, 3.05) is 18.4 Å². The van der Waals surface area contributed by atoms with E-state index in [4.69, 9.17) is 0 Å². The molecule has 8 heteroatoms. The molecule has 4 heterocycles. The van der Waals surface area contributed by atoms with Gasteiger partial charge in [-0.1, -0.05) is 13.8 Å². The Labute approximate surface area is 145 Å². The Morgan fingerprint density at radius 3 is 2.96 bits per heavy atom. The maximum absolute atomic E-state index is 12.3. The van der Waals surface area contributed by atoms with Gasteiger partial charge in [-0.3, -0.25) is 9.34 Å². The van der Waals surface area contributed by atoms with Crippen molar-refractivity contribution < 1.29 is 9.47 Å². The van der Waals surface area contributed by atoms with E-state index in [-0.39, 0.29) is 5.75 Å². The number of hydrogen-bond acceptors (Lipinski definition) is 6. The summed E-state index contributed by atoms with van der Waals surface area (Å²) in [5, 5.41) is 6.62. The molecule has 1 fully saturated rings. The number of fused-ring (bicyclic) bond motifs is 1. The van der Waals surface area contributed by atoms with Crippen LogP contribution in [0.3, 0.4) is 0 Å². The molecule has 0 radical (unpaired) electrons. The molecule has 0 bridgehead atoms. The van der Waals surface area contributed by atoms with Crippen molar-refractivity contribution in [1.29, 1.82) is 0 Å². The van der Waals surface area contributed by atoms with Gasteiger partial charge in [-0.05, 0) is 19.0 Å². The fourth-order valence-electron chi connectivity index (χ4n) is 2.73. The minimum absolute atomic E-state index is 0.119. The summed E-state index contributed by atoms with van der Waals surface area (Å²) in [6, 6.07) is 5.22. The second kappa shape index (κ2) is 7.89. The largest absolute Gasteiger partial charge is 0.350 e. The first kappa shape index (κ1) is 17.1. The first-order valence-corrected chi connectivity index (χ1v) is 8.40. The molecule has 1 saturated heterocycles. The van der Waals surface area contributed by atoms with Crippen LogP contribution in [-0.4, -0.2) is 38.5 Å². The van der Waals surface area contributed by atoms with Crippen molar-refractivity contribution in [2.24, 2.45) is 0 Å². The molecule has 3 aromatic heterocycles. The van der Waals surface area contributed by atoms with Crippen LogP contribution in [0.15, 0.2) is 36.8 Å². The molecular weight excluding hydrogens is 323 g/mol. The zero-order chi connectivity index (χ0) is 17.6. The number of rotatable bonds is 4. The molecule has 0 amide bonds. The molecule has 25 heavy (non-hydrogen) atoms. The minimum atomic E-state index is 0.119. The highest BCUT2D eigenvalue weighted by molar-refractivity contribution is 5.61. The predicted octanol–water partition coefficient (Wildman–Crippen LogP) is 2.85. The number of nitrogens with zero attached hydrogens (tertiary/aromatic N) is 4. The van der Waals surface area contributed by atoms with E-state index in [0.29, 0.717) is 17.6 Å². The van der Waals surface area contributed by atoms with Gasteiger partial charge in [-0.25, -0.2) is 15.0 Å². The SMILES string of the molecule is CC.FOc1ccn2c(-c3ccnc(NC4CCNC4)n3)cnc2c1. The smallest absolute Gasteiger partial charge is 0.223 e. The van der Waals surface area contributed by atoms with Crippen LogP contribution in [0.2, 0.25) is 0 Å². The first-order valence-electron chi connectivity index (χ1n) is 8.40. The van der Waals surface area contributed by atoms with Crippen LogP contribution in [0.1, 0.15) is 20.3 Å². The van der Waals surface area contributed by atoms with E-state index in [2.05, 4.69) is 30.5 Å². The van der Waals surface area contributed by atoms with Gasteiger partial charge in [0, 0.05) is 41.6 Å². The lowest BCUT2D eigenvalue weighted by Crippen LogP contribution is -2.23. The lowest BCUT2D eigenvalue weighted by atomic mass is 10.3. The number of imidazole rings is 1. The summed E-state index contributed by atoms with van der Waals surface area (Å²) in [5.41, 5.74) is 2.14. The summed E-state index contributed by atoms with van der Waals surface area (Å²) >= 11 is 0. The van der Waals surface area contributed by atoms with Crippen LogP contribution < -0.4 is 15.6 Å². The summed E-state index contributed by atoms with van der Waals surface area (Å²) in [4.78, 5) is 16.8. The molecule has 0 spiro atoms. The van der Waals surface area contributed by atoms with Gasteiger partial charge in [-0.15, -0.1) is 0 Å². The van der Waals surface area contributed by atoms with Crippen LogP contribution in [0.25, 0.3) is 17.0 Å². The van der Waals surface area contributed by atoms with Crippen LogP contribution in [-0.2, 0) is 0 Å². The fraction of sp³-hybridized carbons (Fsp3) is 0.353. The Hall–Kier alpha value is -2.74. The van der Waals surface area contributed by atoms with Gasteiger partial charge in [0.05, 0.1) is 17.6 Å². The number of hydrogen-bond donors (Lipinski definition) is 2. The van der Waals surface area contributed by atoms with E-state index >= 15 is 0 Å². The molecule has 7 nitrogen and oxygen atoms in total. The van der Waals surface area contributed by atoms with Crippen molar-refractivity contribution in [3.05, 3.63) is 36.8 Å². The summed E-state index contributed by atoms with van der Waals surface area (Å²) in [6.07, 6.45) is 6.16. The third-order valence-corrected chi connectivity index (χ3v) is 3.89. The predicted molar refractivity (Wildman–Crippen MR) is 94.2 cm³/mol. The van der Waals surface area contributed by atoms with Crippen molar-refractivity contribution in [2.45, 2.75) is 26.3 Å². The highest BCUT2D eigenvalue weighted by Gasteiger charge is 2.16. The molecule has 1 unspecified atom stereocenters. The molecule has 1 atom stereocenters. The third-order valence-electron chi connectivity index (χ3n) is 3.89. The maximum atomic E-state index is 12.3. The van der Waals surface area contributed by atoms with Gasteiger partial charge < -0.3 is 10.6 Å². The van der Waals surface area contributed by atoms with Crippen LogP contribution in [0, 0.1) is 0 Å². The number of halogens is 1. The van der Waals surface area contributed by atoms with Crippen LogP contribution in [0.4, 0.5) is 10.5 Å². The molecular formula is C17H21FN6O. The van der Waals surface area contributed by atoms with Crippen LogP contribution in [0.5, 0.6) is 5.75 Å². The second-order valence-corrected chi connectivity index (χ2v) is 5.41. The fourth-order valence-corrected chi connectivity index (χ4v) is 2.73. The topological polar surface area (TPSA) is 76.4 Å². The van der Waals surface area contributed by atoms with Gasteiger partial charge in [-0.2, -0.15) is 0 Å². The van der Waals surface area contributed by atoms with Gasteiger partial charge in [0.1, 0.15) is 5.65 Å². The number of aromatic nitrogens is 4. The average Bonchev–Trinajstić information content (AvgIpc) is 3.32. The first-order chi connectivity index (χ1) is 12.3.